The Balaban J connectivity index is 1.46. The number of thiazole rings is 1. The molecule has 1 aliphatic heterocycles. The minimum Gasteiger partial charge on any atom is -0.464 e. The van der Waals surface area contributed by atoms with Crippen LogP contribution in [0, 0.1) is 13.8 Å². The summed E-state index contributed by atoms with van der Waals surface area (Å²) in [4.78, 5) is 38.2. The number of fused-ring (bicyclic) bond motifs is 2. The van der Waals surface area contributed by atoms with Crippen LogP contribution in [0.3, 0.4) is 0 Å². The first kappa shape index (κ1) is 35.8. The molecule has 3 aromatic carbocycles. The number of hydrogen-bond acceptors (Lipinski definition) is 8. The Morgan fingerprint density at radius 3 is 2.32 bits per heavy atom. The standard InChI is InChI=1S/C39H45ClN4O5S/c1-10-47-36(45)33(48-38(4,5)6)31-22(2)19-29-34(32(31)24-11-14-26(40)15-12-24)50-35(42-29)25-13-16-28-30(20-25)44(23(3)41-28)27-17-18-43(21-27)37(46)49-39(7,8)9/h11-16,19-20,27,33H,10,17-18,21H2,1-9H3/t27?,33-/m0/s1. The van der Waals surface area contributed by atoms with Gasteiger partial charge in [-0.2, -0.15) is 0 Å². The molecule has 0 radical (unpaired) electrons. The Morgan fingerprint density at radius 2 is 1.66 bits per heavy atom. The number of halogens is 1. The fourth-order valence-electron chi connectivity index (χ4n) is 6.62. The highest BCUT2D eigenvalue weighted by molar-refractivity contribution is 7.22. The summed E-state index contributed by atoms with van der Waals surface area (Å²) in [5, 5.41) is 1.46. The molecule has 1 saturated heterocycles. The van der Waals surface area contributed by atoms with Crippen molar-refractivity contribution >= 4 is 56.3 Å². The molecule has 1 amide bonds. The topological polar surface area (TPSA) is 95.8 Å². The molecule has 11 heteroatoms. The highest BCUT2D eigenvalue weighted by atomic mass is 35.5. The summed E-state index contributed by atoms with van der Waals surface area (Å²) >= 11 is 7.90. The predicted octanol–water partition coefficient (Wildman–Crippen LogP) is 9.85. The molecule has 2 aromatic heterocycles. The van der Waals surface area contributed by atoms with E-state index in [1.54, 1.807) is 23.2 Å². The molecule has 0 aliphatic carbocycles. The summed E-state index contributed by atoms with van der Waals surface area (Å²) < 4.78 is 20.8. The summed E-state index contributed by atoms with van der Waals surface area (Å²) in [7, 11) is 0. The number of carbonyl (C=O) groups is 2. The molecule has 2 atom stereocenters. The van der Waals surface area contributed by atoms with Crippen LogP contribution in [0.15, 0.2) is 48.5 Å². The van der Waals surface area contributed by atoms with Crippen LogP contribution in [0.4, 0.5) is 4.79 Å². The Labute approximate surface area is 302 Å². The van der Waals surface area contributed by atoms with Crippen molar-refractivity contribution in [2.24, 2.45) is 0 Å². The SMILES string of the molecule is CCOC(=O)[C@@H](OC(C)(C)C)c1c(C)cc2nc(-c3ccc4nc(C)n(C5CCN(C(=O)OC(C)(C)C)C5)c4c3)sc2c1-c1ccc(Cl)cc1. The number of imidazole rings is 1. The van der Waals surface area contributed by atoms with Gasteiger partial charge in [0.25, 0.3) is 0 Å². The molecule has 0 spiro atoms. The third-order valence-corrected chi connectivity index (χ3v) is 9.98. The molecule has 6 rings (SSSR count). The van der Waals surface area contributed by atoms with Gasteiger partial charge in [0, 0.05) is 34.8 Å². The number of likely N-dealkylation sites (tertiary alicyclic amines) is 1. The fourth-order valence-corrected chi connectivity index (χ4v) is 7.87. The number of aryl methyl sites for hydroxylation is 2. The van der Waals surface area contributed by atoms with Crippen molar-refractivity contribution in [1.82, 2.24) is 19.4 Å². The second kappa shape index (κ2) is 13.6. The van der Waals surface area contributed by atoms with Crippen molar-refractivity contribution in [2.75, 3.05) is 19.7 Å². The van der Waals surface area contributed by atoms with Gasteiger partial charge in [-0.3, -0.25) is 0 Å². The van der Waals surface area contributed by atoms with Crippen LogP contribution < -0.4 is 0 Å². The van der Waals surface area contributed by atoms with E-state index in [9.17, 15) is 9.59 Å². The van der Waals surface area contributed by atoms with E-state index in [1.165, 1.54) is 0 Å². The van der Waals surface area contributed by atoms with E-state index in [4.69, 9.17) is 35.8 Å². The number of nitrogens with zero attached hydrogens (tertiary/aromatic N) is 4. The molecule has 1 fully saturated rings. The van der Waals surface area contributed by atoms with Gasteiger partial charge < -0.3 is 23.7 Å². The molecular formula is C39H45ClN4O5S. The number of amides is 1. The molecule has 0 bridgehead atoms. The zero-order chi connectivity index (χ0) is 36.1. The highest BCUT2D eigenvalue weighted by Crippen LogP contribution is 2.45. The van der Waals surface area contributed by atoms with Crippen LogP contribution in [-0.2, 0) is 19.0 Å². The van der Waals surface area contributed by atoms with Crippen LogP contribution in [0.2, 0.25) is 5.02 Å². The van der Waals surface area contributed by atoms with E-state index in [0.717, 1.165) is 66.3 Å². The van der Waals surface area contributed by atoms with E-state index in [2.05, 4.69) is 16.7 Å². The van der Waals surface area contributed by atoms with E-state index >= 15 is 0 Å². The van der Waals surface area contributed by atoms with E-state index in [0.29, 0.717) is 18.1 Å². The third-order valence-electron chi connectivity index (χ3n) is 8.59. The van der Waals surface area contributed by atoms with Crippen LogP contribution in [0.25, 0.3) is 42.9 Å². The van der Waals surface area contributed by atoms with Gasteiger partial charge in [0.15, 0.2) is 6.10 Å². The van der Waals surface area contributed by atoms with E-state index < -0.39 is 23.3 Å². The Morgan fingerprint density at radius 1 is 0.960 bits per heavy atom. The number of rotatable bonds is 7. The summed E-state index contributed by atoms with van der Waals surface area (Å²) in [5.41, 5.74) is 5.90. The van der Waals surface area contributed by atoms with Gasteiger partial charge in [-0.15, -0.1) is 11.3 Å². The lowest BCUT2D eigenvalue weighted by atomic mass is 9.91. The Kier molecular flexibility index (Phi) is 9.76. The monoisotopic (exact) mass is 716 g/mol. The first-order valence-corrected chi connectivity index (χ1v) is 18.2. The van der Waals surface area contributed by atoms with E-state index in [-0.39, 0.29) is 18.7 Å². The van der Waals surface area contributed by atoms with Crippen molar-refractivity contribution in [3.8, 4) is 21.7 Å². The molecule has 9 nitrogen and oxygen atoms in total. The number of carbonyl (C=O) groups excluding carboxylic acids is 2. The second-order valence-corrected chi connectivity index (χ2v) is 16.3. The van der Waals surface area contributed by atoms with Gasteiger partial charge >= 0.3 is 12.1 Å². The number of ether oxygens (including phenoxy) is 3. The maximum atomic E-state index is 13.5. The van der Waals surface area contributed by atoms with Gasteiger partial charge in [0.1, 0.15) is 16.4 Å². The number of aromatic nitrogens is 3. The average Bonchev–Trinajstić information content (AvgIpc) is 3.75. The first-order valence-electron chi connectivity index (χ1n) is 17.0. The van der Waals surface area contributed by atoms with Crippen molar-refractivity contribution < 1.29 is 23.8 Å². The van der Waals surface area contributed by atoms with Gasteiger partial charge in [0.2, 0.25) is 0 Å². The normalized spacial score (nSPS) is 16.0. The van der Waals surface area contributed by atoms with E-state index in [1.807, 2.05) is 91.8 Å². The summed E-state index contributed by atoms with van der Waals surface area (Å²) in [6.07, 6.45) is -0.431. The molecule has 1 aliphatic rings. The van der Waals surface area contributed by atoms with Gasteiger partial charge in [-0.05, 0) is 116 Å². The Bertz CT molecular complexity index is 2070. The number of benzene rings is 3. The highest BCUT2D eigenvalue weighted by Gasteiger charge is 2.35. The van der Waals surface area contributed by atoms with Crippen molar-refractivity contribution in [1.29, 1.82) is 0 Å². The lowest BCUT2D eigenvalue weighted by Crippen LogP contribution is -2.35. The smallest absolute Gasteiger partial charge is 0.410 e. The van der Waals surface area contributed by atoms with Crippen LogP contribution in [-0.4, -0.2) is 62.4 Å². The van der Waals surface area contributed by atoms with Gasteiger partial charge in [0.05, 0.1) is 39.5 Å². The average molecular weight is 717 g/mol. The lowest BCUT2D eigenvalue weighted by Gasteiger charge is -2.29. The predicted molar refractivity (Wildman–Crippen MR) is 200 cm³/mol. The maximum Gasteiger partial charge on any atom is 0.410 e. The minimum atomic E-state index is -0.948. The lowest BCUT2D eigenvalue weighted by molar-refractivity contribution is -0.166. The fraction of sp³-hybridized carbons (Fsp3) is 0.436. The zero-order valence-corrected chi connectivity index (χ0v) is 31.8. The second-order valence-electron chi connectivity index (χ2n) is 14.8. The molecule has 3 heterocycles. The van der Waals surface area contributed by atoms with Crippen LogP contribution >= 0.6 is 22.9 Å². The molecular weight excluding hydrogens is 672 g/mol. The van der Waals surface area contributed by atoms with Crippen molar-refractivity contribution in [3.63, 3.8) is 0 Å². The van der Waals surface area contributed by atoms with Gasteiger partial charge in [-0.25, -0.2) is 19.6 Å². The maximum absolute atomic E-state index is 13.5. The molecule has 0 saturated carbocycles. The molecule has 264 valence electrons. The van der Waals surface area contributed by atoms with Gasteiger partial charge in [-0.1, -0.05) is 23.7 Å². The minimum absolute atomic E-state index is 0.0717. The Hall–Kier alpha value is -3.99. The number of hydrogen-bond donors (Lipinski definition) is 0. The first-order chi connectivity index (χ1) is 23.5. The van der Waals surface area contributed by atoms with Crippen LogP contribution in [0.1, 0.15) is 84.0 Å². The summed E-state index contributed by atoms with van der Waals surface area (Å²) in [6, 6.07) is 16.0. The number of esters is 1. The molecule has 1 unspecified atom stereocenters. The van der Waals surface area contributed by atoms with Crippen LogP contribution in [0.5, 0.6) is 0 Å². The van der Waals surface area contributed by atoms with Crippen molar-refractivity contribution in [2.45, 2.75) is 92.1 Å². The molecule has 50 heavy (non-hydrogen) atoms. The summed E-state index contributed by atoms with van der Waals surface area (Å²) in [6.45, 7) is 18.7. The zero-order valence-electron chi connectivity index (χ0n) is 30.2. The molecule has 0 N–H and O–H groups in total. The summed E-state index contributed by atoms with van der Waals surface area (Å²) in [5.74, 6) is 0.461. The quantitative estimate of drug-likeness (QED) is 0.155. The third kappa shape index (κ3) is 7.38. The largest absolute Gasteiger partial charge is 0.464 e. The molecule has 5 aromatic rings. The van der Waals surface area contributed by atoms with Crippen molar-refractivity contribution in [3.05, 3.63) is 70.5 Å².